The third-order valence-electron chi connectivity index (χ3n) is 6.71. The fourth-order valence-corrected chi connectivity index (χ4v) is 6.44. The Bertz CT molecular complexity index is 1390. The van der Waals surface area contributed by atoms with Gasteiger partial charge in [-0.1, -0.05) is 24.3 Å². The number of hydrogen-bond donors (Lipinski definition) is 0. The largest absolute Gasteiger partial charge is 0.336 e. The lowest BCUT2D eigenvalue weighted by Crippen LogP contribution is -2.53. The van der Waals surface area contributed by atoms with E-state index in [0.29, 0.717) is 18.7 Å². The summed E-state index contributed by atoms with van der Waals surface area (Å²) in [5, 5.41) is 11.5. The van der Waals surface area contributed by atoms with Crippen molar-refractivity contribution in [3.8, 4) is 17.2 Å². The van der Waals surface area contributed by atoms with Gasteiger partial charge in [0.15, 0.2) is 0 Å². The molecule has 176 valence electrons. The fourth-order valence-electron chi connectivity index (χ4n) is 4.43. The molecular formula is C24H25N5O3S2. The summed E-state index contributed by atoms with van der Waals surface area (Å²) >= 11 is 1.54. The minimum Gasteiger partial charge on any atom is -0.336 e. The summed E-state index contributed by atoms with van der Waals surface area (Å²) in [5.41, 5.74) is 3.74. The zero-order chi connectivity index (χ0) is 24.1. The van der Waals surface area contributed by atoms with E-state index in [0.717, 1.165) is 39.7 Å². The second-order valence-electron chi connectivity index (χ2n) is 8.93. The molecule has 10 heteroatoms. The molecule has 1 amide bonds. The number of rotatable bonds is 5. The van der Waals surface area contributed by atoms with Crippen LogP contribution in [0.3, 0.4) is 0 Å². The number of fused-ring (bicyclic) bond motifs is 1. The van der Waals surface area contributed by atoms with E-state index in [4.69, 9.17) is 0 Å². The van der Waals surface area contributed by atoms with E-state index < -0.39 is 10.2 Å². The molecule has 1 aromatic carbocycles. The first-order valence-electron chi connectivity index (χ1n) is 11.1. The van der Waals surface area contributed by atoms with Crippen LogP contribution in [0.15, 0.2) is 41.9 Å². The maximum atomic E-state index is 13.6. The Balaban J connectivity index is 1.46. The number of hydrogen-bond acceptors (Lipinski definition) is 6. The quantitative estimate of drug-likeness (QED) is 0.542. The zero-order valence-corrected chi connectivity index (χ0v) is 20.7. The van der Waals surface area contributed by atoms with Gasteiger partial charge in [0.05, 0.1) is 27.3 Å². The average molecular weight is 496 g/mol. The molecule has 1 saturated carbocycles. The van der Waals surface area contributed by atoms with Crippen molar-refractivity contribution in [3.63, 3.8) is 0 Å². The lowest BCUT2D eigenvalue weighted by atomic mass is 9.93. The highest BCUT2D eigenvalue weighted by Crippen LogP contribution is 2.48. The lowest BCUT2D eigenvalue weighted by molar-refractivity contribution is 0.0696. The standard InChI is InChI=1S/C24H25N5O3S2/c1-27(2)34(31,32)29-12-10-28(11-13-29)23(30)19-15-26-20-7-14-33-22(20)21(19)17-3-5-18(6-4-17)24(16-25)8-9-24/h3-7,14-15H,8-13H2,1-2H3. The summed E-state index contributed by atoms with van der Waals surface area (Å²) in [4.78, 5) is 19.8. The number of thiophene rings is 1. The van der Waals surface area contributed by atoms with Crippen LogP contribution in [-0.2, 0) is 15.6 Å². The molecule has 1 saturated heterocycles. The number of pyridine rings is 1. The Hall–Kier alpha value is -2.84. The van der Waals surface area contributed by atoms with Crippen molar-refractivity contribution in [2.75, 3.05) is 40.3 Å². The molecule has 34 heavy (non-hydrogen) atoms. The van der Waals surface area contributed by atoms with Gasteiger partial charge in [0.25, 0.3) is 16.1 Å². The van der Waals surface area contributed by atoms with E-state index >= 15 is 0 Å². The van der Waals surface area contributed by atoms with Crippen LogP contribution in [0.2, 0.25) is 0 Å². The van der Waals surface area contributed by atoms with Gasteiger partial charge in [-0.2, -0.15) is 22.3 Å². The first-order valence-corrected chi connectivity index (χ1v) is 13.4. The molecule has 0 radical (unpaired) electrons. The van der Waals surface area contributed by atoms with Crippen LogP contribution in [0.4, 0.5) is 0 Å². The van der Waals surface area contributed by atoms with Crippen LogP contribution in [0.25, 0.3) is 21.3 Å². The Morgan fingerprint density at radius 3 is 2.38 bits per heavy atom. The van der Waals surface area contributed by atoms with Crippen LogP contribution in [0.5, 0.6) is 0 Å². The van der Waals surface area contributed by atoms with Crippen molar-refractivity contribution >= 4 is 37.7 Å². The van der Waals surface area contributed by atoms with E-state index in [-0.39, 0.29) is 24.4 Å². The van der Waals surface area contributed by atoms with E-state index in [1.54, 1.807) is 22.4 Å². The van der Waals surface area contributed by atoms with Crippen molar-refractivity contribution in [1.29, 1.82) is 5.26 Å². The number of benzene rings is 1. The van der Waals surface area contributed by atoms with Gasteiger partial charge in [0.1, 0.15) is 0 Å². The van der Waals surface area contributed by atoms with Gasteiger partial charge in [0.2, 0.25) is 0 Å². The molecular weight excluding hydrogens is 470 g/mol. The Morgan fingerprint density at radius 1 is 1.12 bits per heavy atom. The van der Waals surface area contributed by atoms with Crippen LogP contribution in [0, 0.1) is 11.3 Å². The molecule has 0 atom stereocenters. The molecule has 2 aromatic heterocycles. The average Bonchev–Trinajstić information content (AvgIpc) is 3.51. The molecule has 0 bridgehead atoms. The van der Waals surface area contributed by atoms with Crippen LogP contribution in [-0.4, -0.2) is 73.1 Å². The normalized spacial score (nSPS) is 18.2. The first-order chi connectivity index (χ1) is 16.3. The van der Waals surface area contributed by atoms with Gasteiger partial charge >= 0.3 is 0 Å². The van der Waals surface area contributed by atoms with Crippen LogP contribution in [0.1, 0.15) is 28.8 Å². The van der Waals surface area contributed by atoms with Crippen molar-refractivity contribution in [2.24, 2.45) is 0 Å². The second-order valence-corrected chi connectivity index (χ2v) is 12.0. The van der Waals surface area contributed by atoms with Crippen molar-refractivity contribution in [3.05, 3.63) is 53.0 Å². The van der Waals surface area contributed by atoms with Crippen LogP contribution >= 0.6 is 11.3 Å². The van der Waals surface area contributed by atoms with E-state index in [1.807, 2.05) is 35.7 Å². The van der Waals surface area contributed by atoms with Crippen molar-refractivity contribution in [1.82, 2.24) is 18.5 Å². The number of nitrogens with zero attached hydrogens (tertiary/aromatic N) is 5. The molecule has 2 fully saturated rings. The Kier molecular flexibility index (Phi) is 5.68. The number of aromatic nitrogens is 1. The summed E-state index contributed by atoms with van der Waals surface area (Å²) < 4.78 is 28.4. The summed E-state index contributed by atoms with van der Waals surface area (Å²) in [7, 11) is -0.489. The SMILES string of the molecule is CN(C)S(=O)(=O)N1CCN(C(=O)c2cnc3ccsc3c2-c2ccc(C3(C#N)CC3)cc2)CC1. The molecule has 0 unspecified atom stereocenters. The molecule has 1 aliphatic carbocycles. The van der Waals surface area contributed by atoms with Crippen molar-refractivity contribution < 1.29 is 13.2 Å². The molecule has 1 aliphatic heterocycles. The van der Waals surface area contributed by atoms with Gasteiger partial charge in [-0.3, -0.25) is 9.78 Å². The Labute approximate surface area is 203 Å². The highest BCUT2D eigenvalue weighted by atomic mass is 32.2. The van der Waals surface area contributed by atoms with Gasteiger partial charge in [0, 0.05) is 52.0 Å². The molecule has 0 spiro atoms. The number of carbonyl (C=O) groups excluding carboxylic acids is 1. The van der Waals surface area contributed by atoms with Gasteiger partial charge in [-0.25, -0.2) is 0 Å². The fraction of sp³-hybridized carbons (Fsp3) is 0.375. The summed E-state index contributed by atoms with van der Waals surface area (Å²) in [6.07, 6.45) is 3.39. The van der Waals surface area contributed by atoms with Gasteiger partial charge in [-0.05, 0) is 35.4 Å². The van der Waals surface area contributed by atoms with Crippen LogP contribution < -0.4 is 0 Å². The molecule has 8 nitrogen and oxygen atoms in total. The minimum absolute atomic E-state index is 0.153. The summed E-state index contributed by atoms with van der Waals surface area (Å²) in [6.45, 7) is 1.14. The molecule has 0 N–H and O–H groups in total. The summed E-state index contributed by atoms with van der Waals surface area (Å²) in [5.74, 6) is -0.153. The van der Waals surface area contributed by atoms with Crippen molar-refractivity contribution in [2.45, 2.75) is 18.3 Å². The highest BCUT2D eigenvalue weighted by molar-refractivity contribution is 7.86. The predicted octanol–water partition coefficient (Wildman–Crippen LogP) is 3.08. The van der Waals surface area contributed by atoms with E-state index in [1.165, 1.54) is 22.7 Å². The Morgan fingerprint density at radius 2 is 1.79 bits per heavy atom. The monoisotopic (exact) mass is 495 g/mol. The topological polar surface area (TPSA) is 97.6 Å². The highest BCUT2D eigenvalue weighted by Gasteiger charge is 2.44. The summed E-state index contributed by atoms with van der Waals surface area (Å²) in [6, 6.07) is 12.3. The number of piperazine rings is 1. The maximum Gasteiger partial charge on any atom is 0.281 e. The number of nitriles is 1. The first kappa shape index (κ1) is 22.9. The van der Waals surface area contributed by atoms with E-state index in [2.05, 4.69) is 11.1 Å². The molecule has 3 heterocycles. The number of amides is 1. The maximum absolute atomic E-state index is 13.6. The molecule has 2 aliphatic rings. The third-order valence-corrected chi connectivity index (χ3v) is 9.57. The molecule has 5 rings (SSSR count). The van der Waals surface area contributed by atoms with E-state index in [9.17, 15) is 18.5 Å². The predicted molar refractivity (Wildman–Crippen MR) is 132 cm³/mol. The lowest BCUT2D eigenvalue weighted by Gasteiger charge is -2.35. The smallest absolute Gasteiger partial charge is 0.281 e. The van der Waals surface area contributed by atoms with Gasteiger partial charge < -0.3 is 4.90 Å². The van der Waals surface area contributed by atoms with Gasteiger partial charge in [-0.15, -0.1) is 11.3 Å². The zero-order valence-electron chi connectivity index (χ0n) is 19.1. The third kappa shape index (κ3) is 3.79. The second kappa shape index (κ2) is 8.43. The minimum atomic E-state index is -3.50. The molecule has 3 aromatic rings. The number of carbonyl (C=O) groups is 1.